The molecular weight excluding hydrogens is 352 g/mol. The van der Waals surface area contributed by atoms with Crippen molar-refractivity contribution in [3.63, 3.8) is 0 Å². The van der Waals surface area contributed by atoms with Crippen LogP contribution in [-0.2, 0) is 6.54 Å². The number of piperazine rings is 1. The number of nitrogens with one attached hydrogen (secondary N) is 1. The Balaban J connectivity index is 1.69. The quantitative estimate of drug-likeness (QED) is 0.633. The van der Waals surface area contributed by atoms with Crippen LogP contribution < -0.4 is 15.0 Å². The summed E-state index contributed by atoms with van der Waals surface area (Å²) in [5.74, 6) is 2.87. The van der Waals surface area contributed by atoms with Crippen LogP contribution in [0.2, 0.25) is 0 Å². The zero-order valence-corrected chi connectivity index (χ0v) is 17.3. The third kappa shape index (κ3) is 4.52. The van der Waals surface area contributed by atoms with Gasteiger partial charge in [-0.3, -0.25) is 4.98 Å². The van der Waals surface area contributed by atoms with Crippen LogP contribution in [-0.4, -0.2) is 60.7 Å². The summed E-state index contributed by atoms with van der Waals surface area (Å²) in [6.07, 6.45) is 3.70. The van der Waals surface area contributed by atoms with Crippen LogP contribution in [0, 0.1) is 13.8 Å². The summed E-state index contributed by atoms with van der Waals surface area (Å²) in [5.41, 5.74) is 3.05. The summed E-state index contributed by atoms with van der Waals surface area (Å²) < 4.78 is 5.51. The van der Waals surface area contributed by atoms with Crippen molar-refractivity contribution in [1.82, 2.24) is 20.2 Å². The van der Waals surface area contributed by atoms with Crippen molar-refractivity contribution in [3.05, 3.63) is 47.4 Å². The second-order valence-corrected chi connectivity index (χ2v) is 6.88. The Morgan fingerprint density at radius 3 is 2.61 bits per heavy atom. The maximum absolute atomic E-state index is 5.51. The lowest BCUT2D eigenvalue weighted by Crippen LogP contribution is -2.52. The van der Waals surface area contributed by atoms with Crippen LogP contribution >= 0.6 is 0 Å². The summed E-state index contributed by atoms with van der Waals surface area (Å²) in [6, 6.07) is 6.05. The molecule has 150 valence electrons. The monoisotopic (exact) mass is 382 g/mol. The average molecular weight is 383 g/mol. The zero-order valence-electron chi connectivity index (χ0n) is 17.3. The Morgan fingerprint density at radius 1 is 1.18 bits per heavy atom. The molecule has 28 heavy (non-hydrogen) atoms. The minimum atomic E-state index is 0.533. The maximum Gasteiger partial charge on any atom is 0.194 e. The standard InChI is InChI=1S/C21H30N6O/c1-5-22-21(25-15-18-17(3)20(28-4)16(2)14-24-18)27-12-10-26(11-13-27)19-8-6-7-9-23-19/h6-9,14H,5,10-13,15H2,1-4H3,(H,22,25). The first kappa shape index (κ1) is 19.9. The van der Waals surface area contributed by atoms with E-state index in [1.807, 2.05) is 38.4 Å². The predicted molar refractivity (Wildman–Crippen MR) is 113 cm³/mol. The van der Waals surface area contributed by atoms with Crippen LogP contribution in [0.5, 0.6) is 5.75 Å². The molecule has 2 aromatic heterocycles. The summed E-state index contributed by atoms with van der Waals surface area (Å²) >= 11 is 0. The highest BCUT2D eigenvalue weighted by molar-refractivity contribution is 5.80. The van der Waals surface area contributed by atoms with Crippen LogP contribution in [0.25, 0.3) is 0 Å². The van der Waals surface area contributed by atoms with Crippen LogP contribution in [0.3, 0.4) is 0 Å². The molecule has 7 heteroatoms. The van der Waals surface area contributed by atoms with E-state index in [1.165, 1.54) is 0 Å². The Bertz CT molecular complexity index is 800. The van der Waals surface area contributed by atoms with Gasteiger partial charge >= 0.3 is 0 Å². The van der Waals surface area contributed by atoms with E-state index in [0.717, 1.165) is 67.1 Å². The van der Waals surface area contributed by atoms with E-state index >= 15 is 0 Å². The van der Waals surface area contributed by atoms with E-state index in [9.17, 15) is 0 Å². The Morgan fingerprint density at radius 2 is 1.96 bits per heavy atom. The van der Waals surface area contributed by atoms with Crippen molar-refractivity contribution >= 4 is 11.8 Å². The minimum absolute atomic E-state index is 0.533. The molecule has 7 nitrogen and oxygen atoms in total. The zero-order chi connectivity index (χ0) is 19.9. The molecule has 0 bridgehead atoms. The van der Waals surface area contributed by atoms with E-state index in [-0.39, 0.29) is 0 Å². The van der Waals surface area contributed by atoms with Gasteiger partial charge < -0.3 is 19.9 Å². The fourth-order valence-corrected chi connectivity index (χ4v) is 3.49. The third-order valence-electron chi connectivity index (χ3n) is 5.02. The fourth-order valence-electron chi connectivity index (χ4n) is 3.49. The van der Waals surface area contributed by atoms with Crippen molar-refractivity contribution in [2.24, 2.45) is 4.99 Å². The molecule has 3 heterocycles. The molecule has 1 aliphatic heterocycles. The van der Waals surface area contributed by atoms with E-state index < -0.39 is 0 Å². The van der Waals surface area contributed by atoms with E-state index in [1.54, 1.807) is 7.11 Å². The number of nitrogens with zero attached hydrogens (tertiary/aromatic N) is 5. The van der Waals surface area contributed by atoms with Gasteiger partial charge in [0.2, 0.25) is 0 Å². The number of methoxy groups -OCH3 is 1. The van der Waals surface area contributed by atoms with Gasteiger partial charge in [-0.25, -0.2) is 9.98 Å². The molecule has 1 saturated heterocycles. The number of hydrogen-bond acceptors (Lipinski definition) is 5. The number of ether oxygens (including phenoxy) is 1. The molecule has 1 fully saturated rings. The van der Waals surface area contributed by atoms with Crippen LogP contribution in [0.1, 0.15) is 23.7 Å². The lowest BCUT2D eigenvalue weighted by molar-refractivity contribution is 0.371. The summed E-state index contributed by atoms with van der Waals surface area (Å²) in [6.45, 7) is 11.2. The molecule has 0 atom stereocenters. The molecule has 1 aliphatic rings. The second-order valence-electron chi connectivity index (χ2n) is 6.88. The normalized spacial score (nSPS) is 14.9. The van der Waals surface area contributed by atoms with E-state index in [4.69, 9.17) is 9.73 Å². The SMILES string of the molecule is CCNC(=NCc1ncc(C)c(OC)c1C)N1CCN(c2ccccn2)CC1. The molecule has 3 rings (SSSR count). The van der Waals surface area contributed by atoms with Crippen molar-refractivity contribution < 1.29 is 4.74 Å². The Hall–Kier alpha value is -2.83. The van der Waals surface area contributed by atoms with Gasteiger partial charge in [0.15, 0.2) is 5.96 Å². The number of aliphatic imine (C=N–C) groups is 1. The summed E-state index contributed by atoms with van der Waals surface area (Å²) in [7, 11) is 1.70. The van der Waals surface area contributed by atoms with Gasteiger partial charge in [0, 0.05) is 56.2 Å². The van der Waals surface area contributed by atoms with Crippen LogP contribution in [0.15, 0.2) is 35.6 Å². The Kier molecular flexibility index (Phi) is 6.68. The van der Waals surface area contributed by atoms with Crippen molar-refractivity contribution in [2.75, 3.05) is 44.7 Å². The smallest absolute Gasteiger partial charge is 0.194 e. The molecule has 0 radical (unpaired) electrons. The molecule has 0 spiro atoms. The lowest BCUT2D eigenvalue weighted by Gasteiger charge is -2.37. The minimum Gasteiger partial charge on any atom is -0.496 e. The van der Waals surface area contributed by atoms with Crippen molar-refractivity contribution in [2.45, 2.75) is 27.3 Å². The van der Waals surface area contributed by atoms with Gasteiger partial charge in [-0.1, -0.05) is 6.07 Å². The van der Waals surface area contributed by atoms with Gasteiger partial charge in [-0.05, 0) is 32.9 Å². The van der Waals surface area contributed by atoms with Gasteiger partial charge in [0.1, 0.15) is 11.6 Å². The molecule has 0 unspecified atom stereocenters. The van der Waals surface area contributed by atoms with Crippen molar-refractivity contribution in [3.8, 4) is 5.75 Å². The first-order valence-corrected chi connectivity index (χ1v) is 9.82. The number of pyridine rings is 2. The van der Waals surface area contributed by atoms with Gasteiger partial charge in [0.05, 0.1) is 19.3 Å². The molecule has 0 aromatic carbocycles. The largest absolute Gasteiger partial charge is 0.496 e. The molecule has 0 saturated carbocycles. The van der Waals surface area contributed by atoms with E-state index in [0.29, 0.717) is 6.54 Å². The predicted octanol–water partition coefficient (Wildman–Crippen LogP) is 2.39. The highest BCUT2D eigenvalue weighted by Crippen LogP contribution is 2.24. The fraction of sp³-hybridized carbons (Fsp3) is 0.476. The summed E-state index contributed by atoms with van der Waals surface area (Å²) in [4.78, 5) is 18.5. The maximum atomic E-state index is 5.51. The van der Waals surface area contributed by atoms with Gasteiger partial charge in [0.25, 0.3) is 0 Å². The Labute approximate surface area is 167 Å². The van der Waals surface area contributed by atoms with Gasteiger partial charge in [-0.15, -0.1) is 0 Å². The highest BCUT2D eigenvalue weighted by Gasteiger charge is 2.20. The molecule has 2 aromatic rings. The molecule has 0 aliphatic carbocycles. The van der Waals surface area contributed by atoms with Gasteiger partial charge in [-0.2, -0.15) is 0 Å². The molecule has 0 amide bonds. The number of guanidine groups is 1. The van der Waals surface area contributed by atoms with E-state index in [2.05, 4.69) is 38.1 Å². The molecular formula is C21H30N6O. The highest BCUT2D eigenvalue weighted by atomic mass is 16.5. The number of hydrogen-bond donors (Lipinski definition) is 1. The first-order chi connectivity index (χ1) is 13.6. The topological polar surface area (TPSA) is 65.9 Å². The first-order valence-electron chi connectivity index (χ1n) is 9.82. The second kappa shape index (κ2) is 9.39. The third-order valence-corrected chi connectivity index (χ3v) is 5.02. The average Bonchev–Trinajstić information content (AvgIpc) is 2.73. The molecule has 1 N–H and O–H groups in total. The lowest BCUT2D eigenvalue weighted by atomic mass is 10.1. The number of aromatic nitrogens is 2. The number of aryl methyl sites for hydroxylation is 1. The number of anilines is 1. The van der Waals surface area contributed by atoms with Crippen molar-refractivity contribution in [1.29, 1.82) is 0 Å². The number of rotatable bonds is 5. The van der Waals surface area contributed by atoms with Crippen LogP contribution in [0.4, 0.5) is 5.82 Å². The summed E-state index contributed by atoms with van der Waals surface area (Å²) in [5, 5.41) is 3.42.